The van der Waals surface area contributed by atoms with Crippen LogP contribution in [0.15, 0.2) is 58.3 Å². The van der Waals surface area contributed by atoms with Gasteiger partial charge in [0.25, 0.3) is 0 Å². The van der Waals surface area contributed by atoms with Gasteiger partial charge in [0, 0.05) is 11.1 Å². The molecule has 4 fully saturated rings. The first kappa shape index (κ1) is 22.4. The van der Waals surface area contributed by atoms with Gasteiger partial charge < -0.3 is 9.73 Å². The van der Waals surface area contributed by atoms with E-state index in [9.17, 15) is 9.59 Å². The molecule has 0 radical (unpaired) electrons. The summed E-state index contributed by atoms with van der Waals surface area (Å²) < 4.78 is 7.46. The van der Waals surface area contributed by atoms with Crippen LogP contribution in [-0.4, -0.2) is 38.0 Å². The fourth-order valence-electron chi connectivity index (χ4n) is 6.73. The molecule has 9 heteroatoms. The first-order chi connectivity index (χ1) is 17.1. The minimum Gasteiger partial charge on any atom is -0.467 e. The highest BCUT2D eigenvalue weighted by Gasteiger charge is 2.51. The number of carbonyl (C=O) groups is 2. The van der Waals surface area contributed by atoms with Gasteiger partial charge in [-0.2, -0.15) is 0 Å². The molecule has 0 spiro atoms. The number of furan rings is 1. The molecule has 4 aliphatic rings. The third-order valence-corrected chi connectivity index (χ3v) is 8.61. The molecule has 0 aliphatic heterocycles. The zero-order chi connectivity index (χ0) is 23.8. The number of hydrogen-bond donors (Lipinski definition) is 2. The first-order valence-electron chi connectivity index (χ1n) is 12.3. The summed E-state index contributed by atoms with van der Waals surface area (Å²) in [7, 11) is 0. The Labute approximate surface area is 208 Å². The second-order valence-corrected chi connectivity index (χ2v) is 11.3. The molecule has 7 rings (SSSR count). The maximum atomic E-state index is 12.7. The molecular weight excluding hydrogens is 462 g/mol. The minimum atomic E-state index is -0.375. The van der Waals surface area contributed by atoms with Gasteiger partial charge in [0.15, 0.2) is 11.0 Å². The lowest BCUT2D eigenvalue weighted by Crippen LogP contribution is -2.61. The van der Waals surface area contributed by atoms with Crippen molar-refractivity contribution in [3.8, 4) is 11.4 Å². The van der Waals surface area contributed by atoms with Crippen molar-refractivity contribution in [1.82, 2.24) is 25.4 Å². The monoisotopic (exact) mass is 491 g/mol. The number of carbonyl (C=O) groups excluding carboxylic acids is 2. The highest BCUT2D eigenvalue weighted by molar-refractivity contribution is 7.99. The van der Waals surface area contributed by atoms with Gasteiger partial charge in [0.2, 0.25) is 5.91 Å². The first-order valence-corrected chi connectivity index (χ1v) is 13.3. The molecule has 4 bridgehead atoms. The molecular formula is C26H29N5O3S. The van der Waals surface area contributed by atoms with Gasteiger partial charge in [-0.1, -0.05) is 42.1 Å². The van der Waals surface area contributed by atoms with Gasteiger partial charge in [0.1, 0.15) is 5.76 Å². The normalized spacial score (nSPS) is 26.6. The molecule has 8 nitrogen and oxygen atoms in total. The fraction of sp³-hybridized carbons (Fsp3) is 0.462. The summed E-state index contributed by atoms with van der Waals surface area (Å²) in [5.41, 5.74) is 0.804. The molecule has 0 saturated heterocycles. The number of urea groups is 1. The van der Waals surface area contributed by atoms with Crippen LogP contribution < -0.4 is 10.6 Å². The number of benzene rings is 1. The lowest BCUT2D eigenvalue weighted by Gasteiger charge is -2.56. The van der Waals surface area contributed by atoms with Gasteiger partial charge >= 0.3 is 6.03 Å². The summed E-state index contributed by atoms with van der Waals surface area (Å²) in [5, 5.41) is 15.0. The van der Waals surface area contributed by atoms with Gasteiger partial charge in [-0.15, -0.1) is 10.2 Å². The van der Waals surface area contributed by atoms with E-state index >= 15 is 0 Å². The molecule has 2 N–H and O–H groups in total. The summed E-state index contributed by atoms with van der Waals surface area (Å²) in [4.78, 5) is 25.4. The average molecular weight is 492 g/mol. The third-order valence-electron chi connectivity index (χ3n) is 7.65. The Morgan fingerprint density at radius 2 is 1.71 bits per heavy atom. The quantitative estimate of drug-likeness (QED) is 0.473. The van der Waals surface area contributed by atoms with E-state index in [1.165, 1.54) is 31.0 Å². The van der Waals surface area contributed by atoms with Crippen molar-refractivity contribution in [2.75, 3.05) is 5.75 Å². The van der Waals surface area contributed by atoms with Gasteiger partial charge in [-0.05, 0) is 68.4 Å². The van der Waals surface area contributed by atoms with Gasteiger partial charge in [-0.3, -0.25) is 14.7 Å². The Balaban J connectivity index is 1.10. The zero-order valence-electron chi connectivity index (χ0n) is 19.5. The number of nitrogens with zero attached hydrogens (tertiary/aromatic N) is 3. The third kappa shape index (κ3) is 4.74. The molecule has 35 heavy (non-hydrogen) atoms. The van der Waals surface area contributed by atoms with Crippen LogP contribution in [0.4, 0.5) is 4.79 Å². The second kappa shape index (κ2) is 9.18. The molecule has 3 amide bonds. The van der Waals surface area contributed by atoms with E-state index in [0.717, 1.165) is 48.3 Å². The largest absolute Gasteiger partial charge is 0.467 e. The lowest BCUT2D eigenvalue weighted by molar-refractivity contribution is -0.117. The minimum absolute atomic E-state index is 0.0688. The molecule has 1 aromatic carbocycles. The standard InChI is InChI=1S/C26H29N5O3S/c32-22(27-24(33)28-26-12-17-9-18(13-26)11-19(10-17)14-26)16-35-25-30-29-23(20-5-2-1-3-6-20)31(25)15-21-7-4-8-34-21/h1-8,17-19H,9-16H2,(H2,27,28,32,33). The van der Waals surface area contributed by atoms with Crippen LogP contribution in [0.3, 0.4) is 0 Å². The summed E-state index contributed by atoms with van der Waals surface area (Å²) in [6.45, 7) is 0.445. The predicted molar refractivity (Wildman–Crippen MR) is 132 cm³/mol. The molecule has 2 aromatic heterocycles. The number of amides is 3. The number of imide groups is 1. The summed E-state index contributed by atoms with van der Waals surface area (Å²) >= 11 is 1.26. The Morgan fingerprint density at radius 1 is 1.00 bits per heavy atom. The Bertz CT molecular complexity index is 1170. The molecule has 0 unspecified atom stereocenters. The molecule has 3 aromatic rings. The van der Waals surface area contributed by atoms with Crippen molar-refractivity contribution >= 4 is 23.7 Å². The van der Waals surface area contributed by atoms with E-state index in [1.54, 1.807) is 6.26 Å². The second-order valence-electron chi connectivity index (χ2n) is 10.3. The van der Waals surface area contributed by atoms with E-state index in [2.05, 4.69) is 20.8 Å². The zero-order valence-corrected chi connectivity index (χ0v) is 20.3. The van der Waals surface area contributed by atoms with Crippen molar-refractivity contribution < 1.29 is 14.0 Å². The van der Waals surface area contributed by atoms with Crippen molar-refractivity contribution in [2.24, 2.45) is 17.8 Å². The smallest absolute Gasteiger partial charge is 0.321 e. The fourth-order valence-corrected chi connectivity index (χ4v) is 7.46. The molecule has 182 valence electrons. The van der Waals surface area contributed by atoms with E-state index in [1.807, 2.05) is 47.0 Å². The molecule has 2 heterocycles. The SMILES string of the molecule is O=C(CSc1nnc(-c2ccccc2)n1Cc1ccco1)NC(=O)NC12CC3CC(CC(C3)C1)C2. The van der Waals surface area contributed by atoms with Crippen LogP contribution in [-0.2, 0) is 11.3 Å². The van der Waals surface area contributed by atoms with E-state index in [-0.39, 0.29) is 23.2 Å². The number of nitrogens with one attached hydrogen (secondary N) is 2. The summed E-state index contributed by atoms with van der Waals surface area (Å²) in [6.07, 6.45) is 8.70. The number of thioether (sulfide) groups is 1. The van der Waals surface area contributed by atoms with Crippen LogP contribution in [0, 0.1) is 17.8 Å². The number of aromatic nitrogens is 3. The molecule has 0 atom stereocenters. The van der Waals surface area contributed by atoms with Gasteiger partial charge in [0.05, 0.1) is 18.6 Å². The molecule has 4 saturated carbocycles. The number of rotatable bonds is 7. The average Bonchev–Trinajstić information content (AvgIpc) is 3.47. The van der Waals surface area contributed by atoms with Crippen molar-refractivity contribution in [3.05, 3.63) is 54.5 Å². The summed E-state index contributed by atoms with van der Waals surface area (Å²) in [6, 6.07) is 13.1. The highest BCUT2D eigenvalue weighted by atomic mass is 32.2. The van der Waals surface area contributed by atoms with Crippen LogP contribution in [0.25, 0.3) is 11.4 Å². The Kier molecular flexibility index (Phi) is 5.88. The van der Waals surface area contributed by atoms with Crippen LogP contribution >= 0.6 is 11.8 Å². The van der Waals surface area contributed by atoms with Gasteiger partial charge in [-0.25, -0.2) is 4.79 Å². The van der Waals surface area contributed by atoms with Crippen LogP contribution in [0.5, 0.6) is 0 Å². The molecule has 4 aliphatic carbocycles. The van der Waals surface area contributed by atoms with E-state index in [0.29, 0.717) is 17.5 Å². The van der Waals surface area contributed by atoms with Crippen molar-refractivity contribution in [3.63, 3.8) is 0 Å². The number of hydrogen-bond acceptors (Lipinski definition) is 6. The Hall–Kier alpha value is -3.07. The maximum Gasteiger partial charge on any atom is 0.321 e. The maximum absolute atomic E-state index is 12.7. The predicted octanol–water partition coefficient (Wildman–Crippen LogP) is 4.47. The topological polar surface area (TPSA) is 102 Å². The lowest BCUT2D eigenvalue weighted by atomic mass is 9.53. The Morgan fingerprint density at radius 3 is 2.37 bits per heavy atom. The van der Waals surface area contributed by atoms with Crippen LogP contribution in [0.1, 0.15) is 44.3 Å². The van der Waals surface area contributed by atoms with E-state index in [4.69, 9.17) is 4.42 Å². The van der Waals surface area contributed by atoms with Crippen molar-refractivity contribution in [2.45, 2.75) is 55.8 Å². The van der Waals surface area contributed by atoms with Crippen LogP contribution in [0.2, 0.25) is 0 Å². The van der Waals surface area contributed by atoms with E-state index < -0.39 is 0 Å². The van der Waals surface area contributed by atoms with Crippen molar-refractivity contribution in [1.29, 1.82) is 0 Å². The summed E-state index contributed by atoms with van der Waals surface area (Å²) in [5.74, 6) is 3.38. The highest BCUT2D eigenvalue weighted by Crippen LogP contribution is 2.55.